The van der Waals surface area contributed by atoms with Gasteiger partial charge in [-0.3, -0.25) is 9.59 Å². The zero-order chi connectivity index (χ0) is 21.4. The van der Waals surface area contributed by atoms with Crippen LogP contribution in [-0.2, 0) is 14.3 Å². The van der Waals surface area contributed by atoms with Crippen LogP contribution < -0.4 is 14.8 Å². The lowest BCUT2D eigenvalue weighted by Gasteiger charge is -2.24. The molecule has 0 aromatic heterocycles. The molecular weight excluding hydrogens is 370 g/mol. The maximum absolute atomic E-state index is 12.9. The highest BCUT2D eigenvalue weighted by molar-refractivity contribution is 5.95. The van der Waals surface area contributed by atoms with Crippen molar-refractivity contribution in [1.82, 2.24) is 0 Å². The number of esters is 1. The number of hydrogen-bond acceptors (Lipinski definition) is 5. The van der Waals surface area contributed by atoms with Crippen molar-refractivity contribution in [3.05, 3.63) is 54.1 Å². The highest BCUT2D eigenvalue weighted by atomic mass is 16.5. The lowest BCUT2D eigenvalue weighted by Crippen LogP contribution is -2.33. The maximum atomic E-state index is 12.9. The van der Waals surface area contributed by atoms with Crippen molar-refractivity contribution in [2.45, 2.75) is 39.2 Å². The Kier molecular flexibility index (Phi) is 8.07. The SMILES string of the molecule is CC[C@H](C)[C@H](C(=O)O[C@@H](C)C(=O)Nc1ccc(OC)c(OC)c1)c1ccccc1. The van der Waals surface area contributed by atoms with Gasteiger partial charge in [-0.25, -0.2) is 0 Å². The van der Waals surface area contributed by atoms with E-state index in [2.05, 4.69) is 5.32 Å². The molecule has 0 bridgehead atoms. The van der Waals surface area contributed by atoms with E-state index in [1.807, 2.05) is 44.2 Å². The lowest BCUT2D eigenvalue weighted by atomic mass is 9.85. The van der Waals surface area contributed by atoms with Gasteiger partial charge in [0, 0.05) is 11.8 Å². The van der Waals surface area contributed by atoms with Gasteiger partial charge in [0.2, 0.25) is 0 Å². The fourth-order valence-electron chi connectivity index (χ4n) is 3.05. The standard InChI is InChI=1S/C23H29NO5/c1-6-15(2)21(17-10-8-7-9-11-17)23(26)29-16(3)22(25)24-18-12-13-19(27-4)20(14-18)28-5/h7-16,21H,6H2,1-5H3,(H,24,25)/t15-,16-,21-/m0/s1. The van der Waals surface area contributed by atoms with Crippen molar-refractivity contribution in [2.75, 3.05) is 19.5 Å². The van der Waals surface area contributed by atoms with Crippen LogP contribution in [-0.4, -0.2) is 32.2 Å². The second-order valence-corrected chi connectivity index (χ2v) is 6.91. The molecule has 0 saturated carbocycles. The Labute approximate surface area is 172 Å². The lowest BCUT2D eigenvalue weighted by molar-refractivity contribution is -0.155. The molecule has 0 spiro atoms. The largest absolute Gasteiger partial charge is 0.493 e. The third kappa shape index (κ3) is 5.73. The van der Waals surface area contributed by atoms with E-state index in [-0.39, 0.29) is 5.92 Å². The smallest absolute Gasteiger partial charge is 0.314 e. The molecule has 0 fully saturated rings. The Morgan fingerprint density at radius 1 is 0.966 bits per heavy atom. The molecule has 2 rings (SSSR count). The van der Waals surface area contributed by atoms with Crippen molar-refractivity contribution >= 4 is 17.6 Å². The summed E-state index contributed by atoms with van der Waals surface area (Å²) in [4.78, 5) is 25.4. The summed E-state index contributed by atoms with van der Waals surface area (Å²) in [5.41, 5.74) is 1.41. The molecule has 0 radical (unpaired) electrons. The quantitative estimate of drug-likeness (QED) is 0.633. The van der Waals surface area contributed by atoms with Gasteiger partial charge >= 0.3 is 5.97 Å². The first-order chi connectivity index (χ1) is 13.9. The summed E-state index contributed by atoms with van der Waals surface area (Å²) in [5, 5.41) is 2.74. The normalized spacial score (nSPS) is 13.7. The number of carbonyl (C=O) groups is 2. The highest BCUT2D eigenvalue weighted by Crippen LogP contribution is 2.30. The molecule has 0 aliphatic rings. The number of rotatable bonds is 9. The first kappa shape index (κ1) is 22.3. The van der Waals surface area contributed by atoms with Gasteiger partial charge in [0.15, 0.2) is 17.6 Å². The number of carbonyl (C=O) groups excluding carboxylic acids is 2. The van der Waals surface area contributed by atoms with Gasteiger partial charge in [-0.15, -0.1) is 0 Å². The number of amides is 1. The van der Waals surface area contributed by atoms with E-state index >= 15 is 0 Å². The van der Waals surface area contributed by atoms with Crippen LogP contribution in [0.1, 0.15) is 38.7 Å². The predicted octanol–water partition coefficient (Wildman–Crippen LogP) is 4.40. The summed E-state index contributed by atoms with van der Waals surface area (Å²) in [6.45, 7) is 5.60. The van der Waals surface area contributed by atoms with Gasteiger partial charge in [0.05, 0.1) is 20.1 Å². The molecule has 6 nitrogen and oxygen atoms in total. The topological polar surface area (TPSA) is 73.9 Å². The molecule has 0 aliphatic heterocycles. The van der Waals surface area contributed by atoms with E-state index < -0.39 is 23.9 Å². The number of benzene rings is 2. The van der Waals surface area contributed by atoms with Crippen LogP contribution in [0.3, 0.4) is 0 Å². The van der Waals surface area contributed by atoms with E-state index in [9.17, 15) is 9.59 Å². The Bertz CT molecular complexity index is 821. The van der Waals surface area contributed by atoms with Gasteiger partial charge in [0.1, 0.15) is 0 Å². The van der Waals surface area contributed by atoms with Crippen LogP contribution >= 0.6 is 0 Å². The monoisotopic (exact) mass is 399 g/mol. The summed E-state index contributed by atoms with van der Waals surface area (Å²) in [6, 6.07) is 14.5. The minimum absolute atomic E-state index is 0.0889. The molecule has 1 N–H and O–H groups in total. The number of ether oxygens (including phenoxy) is 3. The molecule has 0 heterocycles. The number of hydrogen-bond donors (Lipinski definition) is 1. The Morgan fingerprint density at radius 3 is 2.21 bits per heavy atom. The van der Waals surface area contributed by atoms with Crippen molar-refractivity contribution in [2.24, 2.45) is 5.92 Å². The van der Waals surface area contributed by atoms with Gasteiger partial charge in [-0.05, 0) is 30.5 Å². The fourth-order valence-corrected chi connectivity index (χ4v) is 3.05. The molecule has 0 unspecified atom stereocenters. The molecule has 156 valence electrons. The van der Waals surface area contributed by atoms with Crippen LogP contribution in [0.2, 0.25) is 0 Å². The van der Waals surface area contributed by atoms with Crippen molar-refractivity contribution in [3.63, 3.8) is 0 Å². The molecule has 2 aromatic rings. The molecule has 2 aromatic carbocycles. The van der Waals surface area contributed by atoms with Crippen LogP contribution in [0.25, 0.3) is 0 Å². The van der Waals surface area contributed by atoms with Crippen molar-refractivity contribution in [1.29, 1.82) is 0 Å². The number of methoxy groups -OCH3 is 2. The number of nitrogens with one attached hydrogen (secondary N) is 1. The summed E-state index contributed by atoms with van der Waals surface area (Å²) < 4.78 is 16.0. The van der Waals surface area contributed by atoms with Gasteiger partial charge < -0.3 is 19.5 Å². The highest BCUT2D eigenvalue weighted by Gasteiger charge is 2.30. The second-order valence-electron chi connectivity index (χ2n) is 6.91. The molecule has 1 amide bonds. The molecule has 6 heteroatoms. The summed E-state index contributed by atoms with van der Waals surface area (Å²) >= 11 is 0. The van der Waals surface area contributed by atoms with Crippen molar-refractivity contribution in [3.8, 4) is 11.5 Å². The van der Waals surface area contributed by atoms with Gasteiger partial charge in [0.25, 0.3) is 5.91 Å². The summed E-state index contributed by atoms with van der Waals surface area (Å²) in [5.74, 6) is -0.0920. The van der Waals surface area contributed by atoms with E-state index in [1.54, 1.807) is 25.1 Å². The summed E-state index contributed by atoms with van der Waals surface area (Å²) in [7, 11) is 3.06. The van der Waals surface area contributed by atoms with Gasteiger partial charge in [-0.1, -0.05) is 50.6 Å². The second kappa shape index (κ2) is 10.5. The fraction of sp³-hybridized carbons (Fsp3) is 0.391. The molecule has 0 aliphatic carbocycles. The maximum Gasteiger partial charge on any atom is 0.314 e. The van der Waals surface area contributed by atoms with Crippen molar-refractivity contribution < 1.29 is 23.8 Å². The van der Waals surface area contributed by atoms with Crippen LogP contribution in [0, 0.1) is 5.92 Å². The zero-order valence-corrected chi connectivity index (χ0v) is 17.6. The molecule has 0 saturated heterocycles. The Hall–Kier alpha value is -3.02. The molecular formula is C23H29NO5. The third-order valence-corrected chi connectivity index (χ3v) is 4.94. The minimum Gasteiger partial charge on any atom is -0.493 e. The average molecular weight is 399 g/mol. The Balaban J connectivity index is 2.08. The molecule has 3 atom stereocenters. The summed E-state index contributed by atoms with van der Waals surface area (Å²) in [6.07, 6.45) is -0.119. The van der Waals surface area contributed by atoms with E-state index in [0.29, 0.717) is 17.2 Å². The molecule has 29 heavy (non-hydrogen) atoms. The first-order valence-corrected chi connectivity index (χ1v) is 9.69. The van der Waals surface area contributed by atoms with Crippen LogP contribution in [0.15, 0.2) is 48.5 Å². The van der Waals surface area contributed by atoms with E-state index in [1.165, 1.54) is 14.2 Å². The van der Waals surface area contributed by atoms with E-state index in [4.69, 9.17) is 14.2 Å². The third-order valence-electron chi connectivity index (χ3n) is 4.94. The van der Waals surface area contributed by atoms with Crippen LogP contribution in [0.4, 0.5) is 5.69 Å². The van der Waals surface area contributed by atoms with Gasteiger partial charge in [-0.2, -0.15) is 0 Å². The minimum atomic E-state index is -0.939. The predicted molar refractivity (Wildman–Crippen MR) is 112 cm³/mol. The van der Waals surface area contributed by atoms with Crippen LogP contribution in [0.5, 0.6) is 11.5 Å². The van der Waals surface area contributed by atoms with E-state index in [0.717, 1.165) is 12.0 Å². The number of anilines is 1. The first-order valence-electron chi connectivity index (χ1n) is 9.69. The zero-order valence-electron chi connectivity index (χ0n) is 17.6. The average Bonchev–Trinajstić information content (AvgIpc) is 2.74. The Morgan fingerprint density at radius 2 is 1.62 bits per heavy atom.